The molecular formula is C10H17N3O2. The monoisotopic (exact) mass is 211 g/mol. The van der Waals surface area contributed by atoms with Crippen molar-refractivity contribution in [3.8, 4) is 11.6 Å². The first-order valence-electron chi connectivity index (χ1n) is 5.17. The Morgan fingerprint density at radius 3 is 2.93 bits per heavy atom. The second kappa shape index (κ2) is 4.10. The fourth-order valence-corrected chi connectivity index (χ4v) is 1.87. The van der Waals surface area contributed by atoms with Gasteiger partial charge in [0.05, 0.1) is 7.11 Å². The maximum Gasteiger partial charge on any atom is 0.255 e. The standard InChI is InChI=1S/C10H17N3O2/c1-7-9(10(14-3)13(2)12-7)15-8-4-5-11-6-8/h8,11H,4-6H2,1-3H3. The van der Waals surface area contributed by atoms with E-state index < -0.39 is 0 Å². The zero-order valence-electron chi connectivity index (χ0n) is 9.41. The molecule has 1 aromatic rings. The van der Waals surface area contributed by atoms with Gasteiger partial charge in [-0.3, -0.25) is 0 Å². The van der Waals surface area contributed by atoms with E-state index in [1.807, 2.05) is 14.0 Å². The van der Waals surface area contributed by atoms with Crippen LogP contribution in [-0.2, 0) is 7.05 Å². The van der Waals surface area contributed by atoms with Crippen molar-refractivity contribution in [3.63, 3.8) is 0 Å². The molecule has 0 saturated carbocycles. The molecule has 1 atom stereocenters. The average molecular weight is 211 g/mol. The molecule has 1 aromatic heterocycles. The highest BCUT2D eigenvalue weighted by Gasteiger charge is 2.22. The first-order chi connectivity index (χ1) is 7.22. The van der Waals surface area contributed by atoms with E-state index in [9.17, 15) is 0 Å². The molecular weight excluding hydrogens is 194 g/mol. The summed E-state index contributed by atoms with van der Waals surface area (Å²) in [7, 11) is 3.49. The van der Waals surface area contributed by atoms with Gasteiger partial charge in [-0.05, 0) is 19.9 Å². The lowest BCUT2D eigenvalue weighted by molar-refractivity contribution is 0.209. The maximum atomic E-state index is 5.88. The lowest BCUT2D eigenvalue weighted by Crippen LogP contribution is -2.20. The highest BCUT2D eigenvalue weighted by Crippen LogP contribution is 2.31. The number of hydrogen-bond acceptors (Lipinski definition) is 4. The lowest BCUT2D eigenvalue weighted by atomic mass is 10.3. The minimum absolute atomic E-state index is 0.238. The molecule has 1 aliphatic heterocycles. The van der Waals surface area contributed by atoms with Crippen molar-refractivity contribution in [1.29, 1.82) is 0 Å². The first-order valence-corrected chi connectivity index (χ1v) is 5.17. The minimum Gasteiger partial charge on any atom is -0.482 e. The normalized spacial score (nSPS) is 20.6. The smallest absolute Gasteiger partial charge is 0.255 e. The molecule has 2 heterocycles. The van der Waals surface area contributed by atoms with Crippen molar-refractivity contribution in [2.45, 2.75) is 19.4 Å². The van der Waals surface area contributed by atoms with Crippen LogP contribution in [0.2, 0.25) is 0 Å². The number of methoxy groups -OCH3 is 1. The van der Waals surface area contributed by atoms with Crippen molar-refractivity contribution in [3.05, 3.63) is 5.69 Å². The molecule has 5 nitrogen and oxygen atoms in total. The molecule has 0 aromatic carbocycles. The summed E-state index contributed by atoms with van der Waals surface area (Å²) in [4.78, 5) is 0. The lowest BCUT2D eigenvalue weighted by Gasteiger charge is -2.12. The third-order valence-electron chi connectivity index (χ3n) is 2.61. The number of nitrogens with zero attached hydrogens (tertiary/aromatic N) is 2. The van der Waals surface area contributed by atoms with Crippen LogP contribution in [0.25, 0.3) is 0 Å². The van der Waals surface area contributed by atoms with E-state index in [-0.39, 0.29) is 6.10 Å². The van der Waals surface area contributed by atoms with Gasteiger partial charge in [0.2, 0.25) is 5.75 Å². The fraction of sp³-hybridized carbons (Fsp3) is 0.700. The number of ether oxygens (including phenoxy) is 2. The Hall–Kier alpha value is -1.23. The van der Waals surface area contributed by atoms with Crippen molar-refractivity contribution in [2.24, 2.45) is 7.05 Å². The number of hydrogen-bond donors (Lipinski definition) is 1. The predicted molar refractivity (Wildman–Crippen MR) is 56.4 cm³/mol. The van der Waals surface area contributed by atoms with Crippen LogP contribution in [0.1, 0.15) is 12.1 Å². The summed E-state index contributed by atoms with van der Waals surface area (Å²) in [5.41, 5.74) is 0.876. The van der Waals surface area contributed by atoms with Crippen LogP contribution in [0.15, 0.2) is 0 Å². The van der Waals surface area contributed by atoms with Crippen LogP contribution < -0.4 is 14.8 Å². The zero-order chi connectivity index (χ0) is 10.8. The van der Waals surface area contributed by atoms with Crippen molar-refractivity contribution >= 4 is 0 Å². The van der Waals surface area contributed by atoms with E-state index in [1.165, 1.54) is 0 Å². The molecule has 1 N–H and O–H groups in total. The minimum atomic E-state index is 0.238. The van der Waals surface area contributed by atoms with Gasteiger partial charge in [0.15, 0.2) is 0 Å². The van der Waals surface area contributed by atoms with Gasteiger partial charge in [-0.2, -0.15) is 5.10 Å². The number of aromatic nitrogens is 2. The highest BCUT2D eigenvalue weighted by atomic mass is 16.5. The van der Waals surface area contributed by atoms with Gasteiger partial charge < -0.3 is 14.8 Å². The Morgan fingerprint density at radius 2 is 2.33 bits per heavy atom. The van der Waals surface area contributed by atoms with E-state index in [4.69, 9.17) is 9.47 Å². The zero-order valence-corrected chi connectivity index (χ0v) is 9.41. The van der Waals surface area contributed by atoms with Crippen molar-refractivity contribution in [1.82, 2.24) is 15.1 Å². The summed E-state index contributed by atoms with van der Waals surface area (Å²) >= 11 is 0. The molecule has 0 spiro atoms. The summed E-state index contributed by atoms with van der Waals surface area (Å²) in [6.45, 7) is 3.85. The average Bonchev–Trinajstić information content (AvgIpc) is 2.77. The Kier molecular flexibility index (Phi) is 2.81. The molecule has 1 aliphatic rings. The van der Waals surface area contributed by atoms with Gasteiger partial charge in [-0.15, -0.1) is 0 Å². The van der Waals surface area contributed by atoms with Crippen LogP contribution in [0.3, 0.4) is 0 Å². The molecule has 1 unspecified atom stereocenters. The van der Waals surface area contributed by atoms with Gasteiger partial charge in [-0.25, -0.2) is 4.68 Å². The van der Waals surface area contributed by atoms with E-state index in [2.05, 4.69) is 10.4 Å². The van der Waals surface area contributed by atoms with E-state index in [0.29, 0.717) is 5.88 Å². The third-order valence-corrected chi connectivity index (χ3v) is 2.61. The Balaban J connectivity index is 2.18. The van der Waals surface area contributed by atoms with Gasteiger partial charge >= 0.3 is 0 Å². The second-order valence-corrected chi connectivity index (χ2v) is 3.78. The van der Waals surface area contributed by atoms with Crippen LogP contribution in [0.5, 0.6) is 11.6 Å². The van der Waals surface area contributed by atoms with Gasteiger partial charge in [0, 0.05) is 13.6 Å². The molecule has 1 fully saturated rings. The topological polar surface area (TPSA) is 48.3 Å². The Labute approximate surface area is 89.4 Å². The molecule has 5 heteroatoms. The molecule has 0 bridgehead atoms. The molecule has 0 aliphatic carbocycles. The van der Waals surface area contributed by atoms with E-state index in [1.54, 1.807) is 11.8 Å². The Bertz CT molecular complexity index is 343. The van der Waals surface area contributed by atoms with Crippen LogP contribution in [0, 0.1) is 6.92 Å². The maximum absolute atomic E-state index is 5.88. The molecule has 2 rings (SSSR count). The van der Waals surface area contributed by atoms with Gasteiger partial charge in [0.25, 0.3) is 5.88 Å². The highest BCUT2D eigenvalue weighted by molar-refractivity contribution is 5.38. The van der Waals surface area contributed by atoms with Crippen molar-refractivity contribution < 1.29 is 9.47 Å². The van der Waals surface area contributed by atoms with Crippen LogP contribution in [0.4, 0.5) is 0 Å². The van der Waals surface area contributed by atoms with Gasteiger partial charge in [-0.1, -0.05) is 0 Å². The summed E-state index contributed by atoms with van der Waals surface area (Å²) < 4.78 is 12.8. The molecule has 0 amide bonds. The van der Waals surface area contributed by atoms with E-state index >= 15 is 0 Å². The SMILES string of the molecule is COc1c(OC2CCNC2)c(C)nn1C. The molecule has 1 saturated heterocycles. The molecule has 15 heavy (non-hydrogen) atoms. The molecule has 84 valence electrons. The Morgan fingerprint density at radius 1 is 1.53 bits per heavy atom. The van der Waals surface area contributed by atoms with Crippen molar-refractivity contribution in [2.75, 3.05) is 20.2 Å². The summed E-state index contributed by atoms with van der Waals surface area (Å²) in [6.07, 6.45) is 1.28. The van der Waals surface area contributed by atoms with E-state index in [0.717, 1.165) is 31.0 Å². The number of aryl methyl sites for hydroxylation is 2. The largest absolute Gasteiger partial charge is 0.482 e. The summed E-state index contributed by atoms with van der Waals surface area (Å²) in [5, 5.41) is 7.53. The molecule has 0 radical (unpaired) electrons. The predicted octanol–water partition coefficient (Wildman–Crippen LogP) is 0.478. The van der Waals surface area contributed by atoms with Crippen LogP contribution >= 0.6 is 0 Å². The van der Waals surface area contributed by atoms with Gasteiger partial charge in [0.1, 0.15) is 11.8 Å². The number of rotatable bonds is 3. The summed E-state index contributed by atoms with van der Waals surface area (Å²) in [5.74, 6) is 1.47. The quantitative estimate of drug-likeness (QED) is 0.790. The number of nitrogens with one attached hydrogen (secondary N) is 1. The fourth-order valence-electron chi connectivity index (χ4n) is 1.87. The first kappa shape index (κ1) is 10.3. The second-order valence-electron chi connectivity index (χ2n) is 3.78. The third kappa shape index (κ3) is 1.92. The van der Waals surface area contributed by atoms with Crippen LogP contribution in [-0.4, -0.2) is 36.1 Å². The summed E-state index contributed by atoms with van der Waals surface area (Å²) in [6, 6.07) is 0.